The number of hydrogen-bond acceptors (Lipinski definition) is 1. The molecule has 0 aliphatic heterocycles. The van der Waals surface area contributed by atoms with Gasteiger partial charge in [-0.25, -0.2) is 0 Å². The molecule has 0 spiro atoms. The van der Waals surface area contributed by atoms with E-state index in [0.29, 0.717) is 11.4 Å². The van der Waals surface area contributed by atoms with Crippen LogP contribution in [0.3, 0.4) is 0 Å². The van der Waals surface area contributed by atoms with Crippen LogP contribution in [0.25, 0.3) is 10.9 Å². The minimum absolute atomic E-state index is 0.100. The Bertz CT molecular complexity index is 904. The predicted molar refractivity (Wildman–Crippen MR) is 109 cm³/mol. The van der Waals surface area contributed by atoms with Crippen LogP contribution in [-0.2, 0) is 18.3 Å². The second kappa shape index (κ2) is 7.15. The molecule has 1 heterocycles. The fourth-order valence-electron chi connectivity index (χ4n) is 2.92. The van der Waals surface area contributed by atoms with E-state index < -0.39 is 0 Å². The number of carbonyl (C=O) groups excluding carboxylic acids is 1. The molecule has 0 unspecified atom stereocenters. The number of rotatable bonds is 4. The third-order valence-electron chi connectivity index (χ3n) is 4.23. The summed E-state index contributed by atoms with van der Waals surface area (Å²) in [7, 11) is 3.85. The number of para-hydroxylation sites is 1. The summed E-state index contributed by atoms with van der Waals surface area (Å²) >= 11 is 8.20. The molecule has 0 aliphatic rings. The van der Waals surface area contributed by atoms with Crippen molar-refractivity contribution in [3.63, 3.8) is 0 Å². The number of anilines is 1. The quantitative estimate of drug-likeness (QED) is 0.510. The predicted octanol–water partition coefficient (Wildman–Crippen LogP) is 5.03. The number of amides is 1. The van der Waals surface area contributed by atoms with E-state index >= 15 is 0 Å². The molecule has 2 aromatic carbocycles. The molecule has 5 heteroatoms. The lowest BCUT2D eigenvalue weighted by Crippen LogP contribution is -2.27. The van der Waals surface area contributed by atoms with Crippen LogP contribution in [0.1, 0.15) is 12.0 Å². The highest BCUT2D eigenvalue weighted by Gasteiger charge is 2.15. The van der Waals surface area contributed by atoms with E-state index in [1.807, 2.05) is 44.4 Å². The third kappa shape index (κ3) is 3.44. The number of hydrogen-bond donors (Lipinski definition) is 0. The molecule has 124 valence electrons. The van der Waals surface area contributed by atoms with Crippen LogP contribution in [0.2, 0.25) is 5.02 Å². The van der Waals surface area contributed by atoms with Gasteiger partial charge in [0.05, 0.1) is 5.69 Å². The molecule has 1 aromatic heterocycles. The van der Waals surface area contributed by atoms with Gasteiger partial charge in [0.25, 0.3) is 0 Å². The molecule has 0 N–H and O–H groups in total. The minimum Gasteiger partial charge on any atom is -0.350 e. The van der Waals surface area contributed by atoms with Crippen LogP contribution in [0.4, 0.5) is 5.69 Å². The molecule has 0 aliphatic carbocycles. The van der Waals surface area contributed by atoms with Crippen LogP contribution in [0.5, 0.6) is 0 Å². The van der Waals surface area contributed by atoms with Gasteiger partial charge in [0.15, 0.2) is 0 Å². The summed E-state index contributed by atoms with van der Waals surface area (Å²) in [6, 6.07) is 13.9. The third-order valence-corrected chi connectivity index (χ3v) is 5.33. The van der Waals surface area contributed by atoms with Crippen molar-refractivity contribution < 1.29 is 4.79 Å². The highest BCUT2D eigenvalue weighted by Crippen LogP contribution is 2.26. The molecule has 0 saturated heterocycles. The molecule has 3 nitrogen and oxygen atoms in total. The Kier molecular flexibility index (Phi) is 5.15. The summed E-state index contributed by atoms with van der Waals surface area (Å²) < 4.78 is 3.09. The van der Waals surface area contributed by atoms with E-state index in [1.165, 1.54) is 16.5 Å². The number of aryl methyl sites for hydroxylation is 2. The molecule has 3 rings (SSSR count). The van der Waals surface area contributed by atoms with Crippen LogP contribution >= 0.6 is 34.2 Å². The van der Waals surface area contributed by atoms with E-state index in [9.17, 15) is 4.79 Å². The Morgan fingerprint density at radius 3 is 2.75 bits per heavy atom. The standard InChI is InChI=1S/C19H18ClIN2O/c1-22-12-13(15-5-3-4-6-17(15)22)7-10-19(24)23(2)18-9-8-14(20)11-16(18)21/h3-6,8-9,11-12H,7,10H2,1-2H3. The van der Waals surface area contributed by atoms with E-state index in [4.69, 9.17) is 11.6 Å². The zero-order valence-corrected chi connectivity index (χ0v) is 16.5. The van der Waals surface area contributed by atoms with E-state index in [1.54, 1.807) is 4.90 Å². The first-order valence-electron chi connectivity index (χ1n) is 7.72. The second-order valence-corrected chi connectivity index (χ2v) is 7.43. The summed E-state index contributed by atoms with van der Waals surface area (Å²) in [5.41, 5.74) is 3.30. The van der Waals surface area contributed by atoms with Gasteiger partial charge in [0, 0.05) is 46.2 Å². The van der Waals surface area contributed by atoms with Gasteiger partial charge in [0.1, 0.15) is 0 Å². The first kappa shape index (κ1) is 17.3. The van der Waals surface area contributed by atoms with Gasteiger partial charge < -0.3 is 9.47 Å². The van der Waals surface area contributed by atoms with Gasteiger partial charge in [-0.05, 0) is 58.8 Å². The molecule has 0 radical (unpaired) electrons. The first-order chi connectivity index (χ1) is 11.5. The van der Waals surface area contributed by atoms with Crippen molar-refractivity contribution in [1.29, 1.82) is 0 Å². The molecule has 0 saturated carbocycles. The Hall–Kier alpha value is -1.53. The van der Waals surface area contributed by atoms with Crippen LogP contribution in [-0.4, -0.2) is 17.5 Å². The normalized spacial score (nSPS) is 11.0. The Balaban J connectivity index is 1.75. The second-order valence-electron chi connectivity index (χ2n) is 5.83. The number of nitrogens with zero attached hydrogens (tertiary/aromatic N) is 2. The maximum absolute atomic E-state index is 12.6. The van der Waals surface area contributed by atoms with Gasteiger partial charge in [-0.15, -0.1) is 0 Å². The van der Waals surface area contributed by atoms with Crippen molar-refractivity contribution in [3.8, 4) is 0 Å². The van der Waals surface area contributed by atoms with Crippen molar-refractivity contribution in [2.75, 3.05) is 11.9 Å². The van der Waals surface area contributed by atoms with E-state index in [0.717, 1.165) is 15.7 Å². The van der Waals surface area contributed by atoms with Crippen molar-refractivity contribution in [2.45, 2.75) is 12.8 Å². The maximum Gasteiger partial charge on any atom is 0.227 e. The van der Waals surface area contributed by atoms with Crippen molar-refractivity contribution in [2.24, 2.45) is 7.05 Å². The molecular formula is C19H18ClIN2O. The summed E-state index contributed by atoms with van der Waals surface area (Å²) in [6.07, 6.45) is 3.32. The molecule has 0 atom stereocenters. The molecule has 0 fully saturated rings. The largest absolute Gasteiger partial charge is 0.350 e. The fraction of sp³-hybridized carbons (Fsp3) is 0.211. The summed E-state index contributed by atoms with van der Waals surface area (Å²) in [4.78, 5) is 14.3. The summed E-state index contributed by atoms with van der Waals surface area (Å²) in [6.45, 7) is 0. The highest BCUT2D eigenvalue weighted by molar-refractivity contribution is 14.1. The number of aromatic nitrogens is 1. The smallest absolute Gasteiger partial charge is 0.227 e. The maximum atomic E-state index is 12.6. The summed E-state index contributed by atoms with van der Waals surface area (Å²) in [5, 5.41) is 1.90. The number of carbonyl (C=O) groups is 1. The van der Waals surface area contributed by atoms with Gasteiger partial charge in [-0.1, -0.05) is 29.8 Å². The molecule has 0 bridgehead atoms. The minimum atomic E-state index is 0.100. The topological polar surface area (TPSA) is 25.2 Å². The van der Waals surface area contributed by atoms with Gasteiger partial charge in [-0.2, -0.15) is 0 Å². The first-order valence-corrected chi connectivity index (χ1v) is 9.17. The fourth-order valence-corrected chi connectivity index (χ4v) is 4.16. The molecular weight excluding hydrogens is 435 g/mol. The lowest BCUT2D eigenvalue weighted by molar-refractivity contribution is -0.118. The Morgan fingerprint density at radius 1 is 1.25 bits per heavy atom. The zero-order valence-electron chi connectivity index (χ0n) is 13.6. The summed E-state index contributed by atoms with van der Waals surface area (Å²) in [5.74, 6) is 0.100. The van der Waals surface area contributed by atoms with Gasteiger partial charge >= 0.3 is 0 Å². The zero-order chi connectivity index (χ0) is 17.3. The Labute approximate surface area is 160 Å². The van der Waals surface area contributed by atoms with Crippen LogP contribution in [0.15, 0.2) is 48.7 Å². The van der Waals surface area contributed by atoms with Crippen LogP contribution < -0.4 is 4.90 Å². The SMILES string of the molecule is CN(C(=O)CCc1cn(C)c2ccccc12)c1ccc(Cl)cc1I. The molecule has 3 aromatic rings. The number of fused-ring (bicyclic) bond motifs is 1. The van der Waals surface area contributed by atoms with Gasteiger partial charge in [-0.3, -0.25) is 4.79 Å². The Morgan fingerprint density at radius 2 is 2.00 bits per heavy atom. The van der Waals surface area contributed by atoms with Crippen molar-refractivity contribution in [1.82, 2.24) is 4.57 Å². The number of benzene rings is 2. The average Bonchev–Trinajstić information content (AvgIpc) is 2.89. The lowest BCUT2D eigenvalue weighted by Gasteiger charge is -2.19. The monoisotopic (exact) mass is 452 g/mol. The van der Waals surface area contributed by atoms with Crippen molar-refractivity contribution >= 4 is 56.7 Å². The van der Waals surface area contributed by atoms with Gasteiger partial charge in [0.2, 0.25) is 5.91 Å². The molecule has 1 amide bonds. The number of halogens is 2. The molecule has 24 heavy (non-hydrogen) atoms. The van der Waals surface area contributed by atoms with E-state index in [2.05, 4.69) is 45.5 Å². The highest BCUT2D eigenvalue weighted by atomic mass is 127. The average molecular weight is 453 g/mol. The van der Waals surface area contributed by atoms with E-state index in [-0.39, 0.29) is 5.91 Å². The van der Waals surface area contributed by atoms with Crippen LogP contribution in [0, 0.1) is 3.57 Å². The lowest BCUT2D eigenvalue weighted by atomic mass is 10.1. The van der Waals surface area contributed by atoms with Crippen molar-refractivity contribution in [3.05, 3.63) is 62.8 Å².